The molecule has 0 saturated heterocycles. The van der Waals surface area contributed by atoms with Gasteiger partial charge in [-0.25, -0.2) is 0 Å². The molecule has 0 saturated carbocycles. The number of benzene rings is 1. The quantitative estimate of drug-likeness (QED) is 0.404. The molecule has 0 fully saturated rings. The van der Waals surface area contributed by atoms with Gasteiger partial charge in [0.2, 0.25) is 5.91 Å². The third-order valence-corrected chi connectivity index (χ3v) is 3.18. The highest BCUT2D eigenvalue weighted by atomic mass is 32.1. The highest BCUT2D eigenvalue weighted by molar-refractivity contribution is 7.80. The van der Waals surface area contributed by atoms with Gasteiger partial charge in [0.1, 0.15) is 5.75 Å². The predicted octanol–water partition coefficient (Wildman–Crippen LogP) is 2.30. The van der Waals surface area contributed by atoms with Gasteiger partial charge in [-0.05, 0) is 49.8 Å². The molecule has 3 N–H and O–H groups in total. The maximum Gasteiger partial charge on any atom is 0.257 e. The Morgan fingerprint density at radius 3 is 2.39 bits per heavy atom. The van der Waals surface area contributed by atoms with Crippen molar-refractivity contribution in [2.45, 2.75) is 39.5 Å². The van der Waals surface area contributed by atoms with Gasteiger partial charge < -0.3 is 4.74 Å². The lowest BCUT2D eigenvalue weighted by atomic mass is 10.2. The molecule has 7 heteroatoms. The lowest BCUT2D eigenvalue weighted by Crippen LogP contribution is -2.48. The van der Waals surface area contributed by atoms with Crippen molar-refractivity contribution < 1.29 is 14.3 Å². The van der Waals surface area contributed by atoms with Crippen LogP contribution in [-0.4, -0.2) is 23.5 Å². The Labute approximate surface area is 141 Å². The monoisotopic (exact) mass is 337 g/mol. The van der Waals surface area contributed by atoms with E-state index in [0.29, 0.717) is 24.3 Å². The van der Waals surface area contributed by atoms with E-state index in [9.17, 15) is 9.59 Å². The number of hydrogen-bond donors (Lipinski definition) is 3. The van der Waals surface area contributed by atoms with Gasteiger partial charge in [-0.1, -0.05) is 19.8 Å². The van der Waals surface area contributed by atoms with Crippen molar-refractivity contribution in [2.24, 2.45) is 0 Å². The molecule has 0 aromatic heterocycles. The molecule has 6 nitrogen and oxygen atoms in total. The number of ether oxygens (including phenoxy) is 1. The first kappa shape index (κ1) is 18.9. The summed E-state index contributed by atoms with van der Waals surface area (Å²) in [6, 6.07) is 6.72. The first-order valence-electron chi connectivity index (χ1n) is 7.69. The van der Waals surface area contributed by atoms with Crippen molar-refractivity contribution >= 4 is 29.1 Å². The van der Waals surface area contributed by atoms with Crippen LogP contribution in [0.15, 0.2) is 24.3 Å². The molecule has 1 aromatic rings. The maximum atomic E-state index is 12.0. The normalized spacial score (nSPS) is 9.83. The summed E-state index contributed by atoms with van der Waals surface area (Å²) in [5.41, 5.74) is 5.43. The molecular formula is C16H23N3O3S. The topological polar surface area (TPSA) is 79.5 Å². The van der Waals surface area contributed by atoms with Crippen LogP contribution < -0.4 is 20.9 Å². The smallest absolute Gasteiger partial charge is 0.257 e. The molecule has 126 valence electrons. The number of amides is 2. The summed E-state index contributed by atoms with van der Waals surface area (Å²) in [4.78, 5) is 23.5. The molecule has 0 aliphatic heterocycles. The Hall–Kier alpha value is -2.15. The summed E-state index contributed by atoms with van der Waals surface area (Å²) < 4.78 is 5.31. The van der Waals surface area contributed by atoms with Crippen LogP contribution in [0.5, 0.6) is 5.75 Å². The van der Waals surface area contributed by atoms with Gasteiger partial charge in [0, 0.05) is 12.0 Å². The number of thiocarbonyl (C=S) groups is 1. The van der Waals surface area contributed by atoms with Crippen LogP contribution in [0.4, 0.5) is 0 Å². The molecule has 0 spiro atoms. The fraction of sp³-hybridized carbons (Fsp3) is 0.438. The lowest BCUT2D eigenvalue weighted by molar-refractivity contribution is -0.121. The van der Waals surface area contributed by atoms with Crippen LogP contribution in [0.25, 0.3) is 0 Å². The average molecular weight is 337 g/mol. The number of carbonyl (C=O) groups is 2. The van der Waals surface area contributed by atoms with Gasteiger partial charge in [-0.2, -0.15) is 0 Å². The van der Waals surface area contributed by atoms with E-state index in [0.717, 1.165) is 19.3 Å². The van der Waals surface area contributed by atoms with E-state index in [4.69, 9.17) is 17.0 Å². The van der Waals surface area contributed by atoms with E-state index >= 15 is 0 Å². The number of rotatable bonds is 7. The zero-order valence-electron chi connectivity index (χ0n) is 13.5. The van der Waals surface area contributed by atoms with E-state index < -0.39 is 0 Å². The van der Waals surface area contributed by atoms with E-state index in [-0.39, 0.29) is 16.9 Å². The minimum absolute atomic E-state index is 0.0488. The maximum absolute atomic E-state index is 12.0. The van der Waals surface area contributed by atoms with Crippen molar-refractivity contribution in [2.75, 3.05) is 6.61 Å². The molecule has 0 bridgehead atoms. The third-order valence-electron chi connectivity index (χ3n) is 2.98. The molecule has 0 radical (unpaired) electrons. The van der Waals surface area contributed by atoms with E-state index in [1.54, 1.807) is 24.3 Å². The van der Waals surface area contributed by atoms with Gasteiger partial charge in [-0.3, -0.25) is 25.8 Å². The molecule has 0 heterocycles. The second-order valence-electron chi connectivity index (χ2n) is 4.87. The molecule has 0 atom stereocenters. The molecule has 1 rings (SSSR count). The third kappa shape index (κ3) is 7.60. The van der Waals surface area contributed by atoms with Gasteiger partial charge in [-0.15, -0.1) is 0 Å². The van der Waals surface area contributed by atoms with Crippen molar-refractivity contribution in [3.63, 3.8) is 0 Å². The second kappa shape index (κ2) is 10.6. The van der Waals surface area contributed by atoms with E-state index in [1.807, 2.05) is 6.92 Å². The van der Waals surface area contributed by atoms with Gasteiger partial charge in [0.25, 0.3) is 5.91 Å². The summed E-state index contributed by atoms with van der Waals surface area (Å²) in [5.74, 6) is 0.186. The Balaban J connectivity index is 2.35. The Bertz CT molecular complexity index is 532. The SMILES string of the molecule is CCCCCC(=O)NNC(=S)NC(=O)c1ccc(OCC)cc1. The molecule has 0 aliphatic rings. The van der Waals surface area contributed by atoms with Crippen LogP contribution in [-0.2, 0) is 4.79 Å². The van der Waals surface area contributed by atoms with Crippen LogP contribution in [0.1, 0.15) is 49.9 Å². The largest absolute Gasteiger partial charge is 0.494 e. The Morgan fingerprint density at radius 2 is 1.78 bits per heavy atom. The Morgan fingerprint density at radius 1 is 1.09 bits per heavy atom. The number of unbranched alkanes of at least 4 members (excludes halogenated alkanes) is 2. The molecule has 2 amide bonds. The van der Waals surface area contributed by atoms with Crippen molar-refractivity contribution in [1.29, 1.82) is 0 Å². The van der Waals surface area contributed by atoms with Crippen molar-refractivity contribution in [3.05, 3.63) is 29.8 Å². The average Bonchev–Trinajstić information content (AvgIpc) is 2.54. The first-order valence-corrected chi connectivity index (χ1v) is 8.10. The van der Waals surface area contributed by atoms with Gasteiger partial charge in [0.05, 0.1) is 6.61 Å². The fourth-order valence-corrected chi connectivity index (χ4v) is 1.94. The lowest BCUT2D eigenvalue weighted by Gasteiger charge is -2.11. The standard InChI is InChI=1S/C16H23N3O3S/c1-3-5-6-7-14(20)18-19-16(23)17-15(21)12-8-10-13(11-9-12)22-4-2/h8-11H,3-7H2,1-2H3,(H,18,20)(H2,17,19,21,23). The zero-order chi connectivity index (χ0) is 17.1. The van der Waals surface area contributed by atoms with Crippen LogP contribution in [0, 0.1) is 0 Å². The number of hydrogen-bond acceptors (Lipinski definition) is 4. The number of hydrazine groups is 1. The molecular weight excluding hydrogens is 314 g/mol. The summed E-state index contributed by atoms with van der Waals surface area (Å²) in [7, 11) is 0. The predicted molar refractivity (Wildman–Crippen MR) is 93.1 cm³/mol. The summed E-state index contributed by atoms with van der Waals surface area (Å²) in [5, 5.41) is 2.54. The second-order valence-corrected chi connectivity index (χ2v) is 5.28. The molecule has 0 aliphatic carbocycles. The zero-order valence-corrected chi connectivity index (χ0v) is 14.3. The molecule has 0 unspecified atom stereocenters. The number of nitrogens with one attached hydrogen (secondary N) is 3. The highest BCUT2D eigenvalue weighted by Gasteiger charge is 2.08. The molecule has 1 aromatic carbocycles. The van der Waals surface area contributed by atoms with Crippen molar-refractivity contribution in [1.82, 2.24) is 16.2 Å². The van der Waals surface area contributed by atoms with Gasteiger partial charge in [0.15, 0.2) is 5.11 Å². The summed E-state index contributed by atoms with van der Waals surface area (Å²) >= 11 is 4.97. The van der Waals surface area contributed by atoms with Crippen LogP contribution >= 0.6 is 12.2 Å². The highest BCUT2D eigenvalue weighted by Crippen LogP contribution is 2.11. The minimum atomic E-state index is -0.356. The first-order chi connectivity index (χ1) is 11.1. The fourth-order valence-electron chi connectivity index (χ4n) is 1.80. The van der Waals surface area contributed by atoms with Gasteiger partial charge >= 0.3 is 0 Å². The number of carbonyl (C=O) groups excluding carboxylic acids is 2. The van der Waals surface area contributed by atoms with E-state index in [2.05, 4.69) is 23.1 Å². The minimum Gasteiger partial charge on any atom is -0.494 e. The van der Waals surface area contributed by atoms with Crippen molar-refractivity contribution in [3.8, 4) is 5.75 Å². The van der Waals surface area contributed by atoms with Crippen LogP contribution in [0.3, 0.4) is 0 Å². The Kier molecular flexibility index (Phi) is 8.67. The molecule has 23 heavy (non-hydrogen) atoms. The van der Waals surface area contributed by atoms with E-state index in [1.165, 1.54) is 0 Å². The summed E-state index contributed by atoms with van der Waals surface area (Å²) in [6.07, 6.45) is 3.31. The van der Waals surface area contributed by atoms with Crippen LogP contribution in [0.2, 0.25) is 0 Å². The summed E-state index contributed by atoms with van der Waals surface area (Å²) in [6.45, 7) is 4.53.